The fourth-order valence-electron chi connectivity index (χ4n) is 2.62. The molecule has 0 aliphatic carbocycles. The lowest BCUT2D eigenvalue weighted by Gasteiger charge is -2.12. The van der Waals surface area contributed by atoms with Crippen LogP contribution in [-0.2, 0) is 11.4 Å². The summed E-state index contributed by atoms with van der Waals surface area (Å²) in [4.78, 5) is 12.5. The van der Waals surface area contributed by atoms with Gasteiger partial charge in [0, 0.05) is 13.7 Å². The summed E-state index contributed by atoms with van der Waals surface area (Å²) < 4.78 is 9.62. The number of nitrogens with zero attached hydrogens (tertiary/aromatic N) is 1. The average molecular weight is 764 g/mol. The van der Waals surface area contributed by atoms with E-state index in [4.69, 9.17) is 4.74 Å². The molecule has 0 aromatic heterocycles. The molecule has 3 aromatic carbocycles. The number of ether oxygens (including phenoxy) is 1. The molecule has 0 saturated carbocycles. The zero-order valence-electron chi connectivity index (χ0n) is 15.8. The molecule has 0 atom stereocenters. The van der Waals surface area contributed by atoms with E-state index in [0.717, 1.165) is 23.6 Å². The van der Waals surface area contributed by atoms with E-state index in [1.807, 2.05) is 54.6 Å². The monoisotopic (exact) mass is 762 g/mol. The maximum atomic E-state index is 12.5. The molecule has 0 fully saturated rings. The number of carbonyl (C=O) groups is 1. The first-order valence-corrected chi connectivity index (χ1v) is 12.6. The molecule has 3 rings (SSSR count). The number of hydrogen-bond acceptors (Lipinski definition) is 3. The molecular formula is C23H14Br2I2N2O2. The summed E-state index contributed by atoms with van der Waals surface area (Å²) in [6.07, 6.45) is 1.56. The van der Waals surface area contributed by atoms with Gasteiger partial charge >= 0.3 is 0 Å². The van der Waals surface area contributed by atoms with Crippen molar-refractivity contribution < 1.29 is 9.53 Å². The first-order chi connectivity index (χ1) is 14.9. The lowest BCUT2D eigenvalue weighted by molar-refractivity contribution is -0.112. The lowest BCUT2D eigenvalue weighted by atomic mass is 10.1. The topological polar surface area (TPSA) is 62.1 Å². The van der Waals surface area contributed by atoms with Gasteiger partial charge in [-0.25, -0.2) is 0 Å². The van der Waals surface area contributed by atoms with E-state index in [-0.39, 0.29) is 5.57 Å². The summed E-state index contributed by atoms with van der Waals surface area (Å²) in [6, 6.07) is 21.0. The summed E-state index contributed by atoms with van der Waals surface area (Å²) in [5.41, 5.74) is 2.41. The summed E-state index contributed by atoms with van der Waals surface area (Å²) in [5.74, 6) is 0.249. The summed E-state index contributed by atoms with van der Waals surface area (Å²) in [7, 11) is 0. The van der Waals surface area contributed by atoms with Crippen LogP contribution in [0.5, 0.6) is 5.75 Å². The highest BCUT2D eigenvalue weighted by Crippen LogP contribution is 2.33. The van der Waals surface area contributed by atoms with Crippen molar-refractivity contribution in [3.05, 3.63) is 93.4 Å². The van der Waals surface area contributed by atoms with Gasteiger partial charge in [-0.05, 0) is 121 Å². The van der Waals surface area contributed by atoms with E-state index in [9.17, 15) is 10.1 Å². The Bertz CT molecular complexity index is 1170. The van der Waals surface area contributed by atoms with E-state index in [1.165, 1.54) is 3.57 Å². The first kappa shape index (κ1) is 24.2. The number of hydrogen-bond donors (Lipinski definition) is 1. The third-order valence-corrected chi connectivity index (χ3v) is 6.68. The van der Waals surface area contributed by atoms with Crippen molar-refractivity contribution >= 4 is 94.7 Å². The minimum atomic E-state index is -0.467. The van der Waals surface area contributed by atoms with Crippen molar-refractivity contribution in [2.45, 2.75) is 6.61 Å². The van der Waals surface area contributed by atoms with E-state index in [1.54, 1.807) is 18.2 Å². The van der Waals surface area contributed by atoms with Crippen LogP contribution in [-0.4, -0.2) is 5.91 Å². The van der Waals surface area contributed by atoms with Crippen LogP contribution in [0.3, 0.4) is 0 Å². The lowest BCUT2D eigenvalue weighted by Crippen LogP contribution is -2.13. The number of nitriles is 1. The van der Waals surface area contributed by atoms with Crippen LogP contribution in [0.15, 0.2) is 75.2 Å². The predicted octanol–water partition coefficient (Wildman–Crippen LogP) is 7.55. The first-order valence-electron chi connectivity index (χ1n) is 8.90. The Labute approximate surface area is 224 Å². The molecule has 3 aromatic rings. The molecular weight excluding hydrogens is 750 g/mol. The Morgan fingerprint density at radius 1 is 1.10 bits per heavy atom. The van der Waals surface area contributed by atoms with E-state index in [2.05, 4.69) is 82.4 Å². The van der Waals surface area contributed by atoms with Crippen LogP contribution in [0.2, 0.25) is 0 Å². The normalized spacial score (nSPS) is 11.0. The second kappa shape index (κ2) is 11.4. The molecule has 0 spiro atoms. The highest BCUT2D eigenvalue weighted by atomic mass is 127. The fraction of sp³-hybridized carbons (Fsp3) is 0.0435. The van der Waals surface area contributed by atoms with Gasteiger partial charge in [0.1, 0.15) is 24.0 Å². The third kappa shape index (κ3) is 7.03. The molecule has 31 heavy (non-hydrogen) atoms. The van der Waals surface area contributed by atoms with Crippen LogP contribution in [0.25, 0.3) is 6.08 Å². The van der Waals surface area contributed by atoms with E-state index >= 15 is 0 Å². The largest absolute Gasteiger partial charge is 0.487 e. The Morgan fingerprint density at radius 2 is 1.84 bits per heavy atom. The number of carbonyl (C=O) groups excluding carboxylic acids is 1. The van der Waals surface area contributed by atoms with Crippen molar-refractivity contribution in [2.75, 3.05) is 5.32 Å². The van der Waals surface area contributed by atoms with Crippen molar-refractivity contribution in [1.82, 2.24) is 0 Å². The van der Waals surface area contributed by atoms with Crippen LogP contribution in [0.4, 0.5) is 5.69 Å². The Kier molecular flexibility index (Phi) is 8.95. The van der Waals surface area contributed by atoms with Crippen LogP contribution < -0.4 is 10.1 Å². The molecule has 0 aliphatic rings. The SMILES string of the molecule is N#C/C(=C/c1cc(Br)c(OCc2ccc(I)cc2)c(I)c1)C(=O)Nc1cccc(Br)c1. The van der Waals surface area contributed by atoms with Crippen LogP contribution >= 0.6 is 77.0 Å². The van der Waals surface area contributed by atoms with Gasteiger partial charge in [0.05, 0.1) is 8.04 Å². The van der Waals surface area contributed by atoms with E-state index < -0.39 is 5.91 Å². The molecule has 8 heteroatoms. The van der Waals surface area contributed by atoms with Gasteiger partial charge in [-0.2, -0.15) is 5.26 Å². The molecule has 4 nitrogen and oxygen atoms in total. The van der Waals surface area contributed by atoms with Gasteiger partial charge in [-0.15, -0.1) is 0 Å². The number of halogens is 4. The number of anilines is 1. The van der Waals surface area contributed by atoms with Gasteiger partial charge < -0.3 is 10.1 Å². The number of benzene rings is 3. The zero-order valence-corrected chi connectivity index (χ0v) is 23.3. The molecule has 0 radical (unpaired) electrons. The average Bonchev–Trinajstić information content (AvgIpc) is 2.72. The van der Waals surface area contributed by atoms with Crippen molar-refractivity contribution in [3.8, 4) is 11.8 Å². The molecule has 0 unspecified atom stereocenters. The molecule has 0 saturated heterocycles. The minimum Gasteiger partial charge on any atom is -0.487 e. The Balaban J connectivity index is 1.76. The quantitative estimate of drug-likeness (QED) is 0.160. The number of nitrogens with one attached hydrogen (secondary N) is 1. The van der Waals surface area contributed by atoms with Crippen LogP contribution in [0.1, 0.15) is 11.1 Å². The van der Waals surface area contributed by atoms with Crippen LogP contribution in [0, 0.1) is 18.5 Å². The van der Waals surface area contributed by atoms with Gasteiger partial charge in [0.25, 0.3) is 5.91 Å². The van der Waals surface area contributed by atoms with Gasteiger partial charge in [-0.1, -0.05) is 34.1 Å². The molecule has 156 valence electrons. The Morgan fingerprint density at radius 3 is 2.48 bits per heavy atom. The maximum absolute atomic E-state index is 12.5. The minimum absolute atomic E-state index is 0.00947. The smallest absolute Gasteiger partial charge is 0.266 e. The van der Waals surface area contributed by atoms with Gasteiger partial charge in [0.15, 0.2) is 0 Å². The molecule has 0 bridgehead atoms. The summed E-state index contributed by atoms with van der Waals surface area (Å²) in [6.45, 7) is 0.444. The second-order valence-corrected chi connectivity index (χ2v) is 10.5. The maximum Gasteiger partial charge on any atom is 0.266 e. The summed E-state index contributed by atoms with van der Waals surface area (Å²) >= 11 is 11.4. The van der Waals surface area contributed by atoms with Crippen molar-refractivity contribution in [1.29, 1.82) is 5.26 Å². The zero-order chi connectivity index (χ0) is 22.4. The molecule has 0 heterocycles. The van der Waals surface area contributed by atoms with E-state index in [0.29, 0.717) is 18.0 Å². The molecule has 1 N–H and O–H groups in total. The highest BCUT2D eigenvalue weighted by Gasteiger charge is 2.13. The highest BCUT2D eigenvalue weighted by molar-refractivity contribution is 14.1. The molecule has 1 amide bonds. The van der Waals surface area contributed by atoms with Gasteiger partial charge in [0.2, 0.25) is 0 Å². The summed E-state index contributed by atoms with van der Waals surface area (Å²) in [5, 5.41) is 12.2. The van der Waals surface area contributed by atoms with Crippen molar-refractivity contribution in [2.24, 2.45) is 0 Å². The number of amides is 1. The second-order valence-electron chi connectivity index (χ2n) is 6.36. The van der Waals surface area contributed by atoms with Crippen molar-refractivity contribution in [3.63, 3.8) is 0 Å². The third-order valence-electron chi connectivity index (χ3n) is 4.08. The fourth-order valence-corrected chi connectivity index (χ4v) is 5.14. The Hall–Kier alpha value is -1.42. The standard InChI is InChI=1S/C23H14Br2I2N2O2/c24-17-2-1-3-19(11-17)29-23(30)16(12-28)8-15-9-20(25)22(21(27)10-15)31-13-14-4-6-18(26)7-5-14/h1-11H,13H2,(H,29,30)/b16-8-. The number of rotatable bonds is 6. The van der Waals surface area contributed by atoms with Gasteiger partial charge in [-0.3, -0.25) is 4.79 Å². The predicted molar refractivity (Wildman–Crippen MR) is 147 cm³/mol. The molecule has 0 aliphatic heterocycles.